The number of benzene rings is 2. The summed E-state index contributed by atoms with van der Waals surface area (Å²) >= 11 is 0. The zero-order chi connectivity index (χ0) is 19.2. The molecular formula is C25H36Cl2N2O. The van der Waals surface area contributed by atoms with E-state index in [1.165, 1.54) is 69.4 Å². The molecule has 1 atom stereocenters. The lowest BCUT2D eigenvalue weighted by Crippen LogP contribution is -2.51. The van der Waals surface area contributed by atoms with Crippen LogP contribution in [0.3, 0.4) is 0 Å². The van der Waals surface area contributed by atoms with E-state index in [0.717, 1.165) is 18.2 Å². The first-order valence-electron chi connectivity index (χ1n) is 11.0. The van der Waals surface area contributed by atoms with Crippen LogP contribution in [0, 0.1) is 0 Å². The molecule has 2 aromatic rings. The van der Waals surface area contributed by atoms with E-state index < -0.39 is 0 Å². The number of piperazine rings is 1. The van der Waals surface area contributed by atoms with Gasteiger partial charge in [0, 0.05) is 38.3 Å². The molecule has 0 N–H and O–H groups in total. The second-order valence-corrected chi connectivity index (χ2v) is 8.34. The van der Waals surface area contributed by atoms with E-state index in [1.807, 2.05) is 0 Å². The maximum absolute atomic E-state index is 5.33. The van der Waals surface area contributed by atoms with Crippen molar-refractivity contribution in [1.82, 2.24) is 9.80 Å². The molecule has 1 saturated carbocycles. The molecule has 1 unspecified atom stereocenters. The summed E-state index contributed by atoms with van der Waals surface area (Å²) in [6.07, 6.45) is 8.16. The van der Waals surface area contributed by atoms with Gasteiger partial charge in [-0.05, 0) is 42.5 Å². The molecule has 1 aliphatic carbocycles. The third-order valence-electron chi connectivity index (χ3n) is 6.65. The first-order valence-corrected chi connectivity index (χ1v) is 11.0. The lowest BCUT2D eigenvalue weighted by Gasteiger charge is -2.43. The van der Waals surface area contributed by atoms with Gasteiger partial charge in [0.15, 0.2) is 0 Å². The molecule has 166 valence electrons. The summed E-state index contributed by atoms with van der Waals surface area (Å²) < 4.78 is 5.33. The Kier molecular flexibility index (Phi) is 10.5. The van der Waals surface area contributed by atoms with Crippen molar-refractivity contribution in [1.29, 1.82) is 0 Å². The number of nitrogens with zero attached hydrogens (tertiary/aromatic N) is 2. The Bertz CT molecular complexity index is 712. The maximum atomic E-state index is 5.33. The predicted octanol–water partition coefficient (Wildman–Crippen LogP) is 5.77. The summed E-state index contributed by atoms with van der Waals surface area (Å²) in [6, 6.07) is 20.9. The SMILES string of the molecule is COc1ccc(CC(c2ccccc2)N2CCN(C3CCCCC3)CC2)cc1.Cl.Cl. The third-order valence-corrected chi connectivity index (χ3v) is 6.65. The topological polar surface area (TPSA) is 15.7 Å². The molecule has 2 aliphatic rings. The van der Waals surface area contributed by atoms with Gasteiger partial charge in [-0.3, -0.25) is 9.80 Å². The molecule has 0 amide bonds. The van der Waals surface area contributed by atoms with Gasteiger partial charge in [-0.1, -0.05) is 61.7 Å². The molecule has 30 heavy (non-hydrogen) atoms. The monoisotopic (exact) mass is 450 g/mol. The van der Waals surface area contributed by atoms with Crippen LogP contribution in [-0.4, -0.2) is 49.1 Å². The molecule has 1 heterocycles. The highest BCUT2D eigenvalue weighted by molar-refractivity contribution is 5.85. The van der Waals surface area contributed by atoms with E-state index >= 15 is 0 Å². The summed E-state index contributed by atoms with van der Waals surface area (Å²) in [4.78, 5) is 5.48. The van der Waals surface area contributed by atoms with Crippen LogP contribution >= 0.6 is 24.8 Å². The van der Waals surface area contributed by atoms with Crippen molar-refractivity contribution in [3.05, 3.63) is 65.7 Å². The summed E-state index contributed by atoms with van der Waals surface area (Å²) in [5.74, 6) is 0.932. The minimum absolute atomic E-state index is 0. The lowest BCUT2D eigenvalue weighted by atomic mass is 9.93. The number of rotatable bonds is 6. The Morgan fingerprint density at radius 3 is 2.07 bits per heavy atom. The zero-order valence-electron chi connectivity index (χ0n) is 18.0. The Hall–Kier alpha value is -1.26. The number of ether oxygens (including phenoxy) is 1. The van der Waals surface area contributed by atoms with Gasteiger partial charge in [-0.25, -0.2) is 0 Å². The maximum Gasteiger partial charge on any atom is 0.118 e. The van der Waals surface area contributed by atoms with E-state index in [4.69, 9.17) is 4.74 Å². The van der Waals surface area contributed by atoms with Crippen molar-refractivity contribution in [2.75, 3.05) is 33.3 Å². The second-order valence-electron chi connectivity index (χ2n) is 8.34. The molecule has 4 rings (SSSR count). The van der Waals surface area contributed by atoms with Gasteiger partial charge in [0.2, 0.25) is 0 Å². The lowest BCUT2D eigenvalue weighted by molar-refractivity contribution is 0.0559. The average Bonchev–Trinajstić information content (AvgIpc) is 2.79. The normalized spacial score (nSPS) is 19.4. The summed E-state index contributed by atoms with van der Waals surface area (Å²) in [5, 5.41) is 0. The first kappa shape index (κ1) is 25.0. The smallest absolute Gasteiger partial charge is 0.118 e. The molecule has 3 nitrogen and oxygen atoms in total. The van der Waals surface area contributed by atoms with Crippen molar-refractivity contribution in [2.24, 2.45) is 0 Å². The van der Waals surface area contributed by atoms with E-state index in [9.17, 15) is 0 Å². The Labute approximate surface area is 194 Å². The van der Waals surface area contributed by atoms with Crippen LogP contribution in [0.1, 0.15) is 49.3 Å². The van der Waals surface area contributed by atoms with E-state index in [-0.39, 0.29) is 24.8 Å². The summed E-state index contributed by atoms with van der Waals surface area (Å²) in [7, 11) is 1.73. The third kappa shape index (κ3) is 6.37. The van der Waals surface area contributed by atoms with Crippen LogP contribution in [0.2, 0.25) is 0 Å². The van der Waals surface area contributed by atoms with Gasteiger partial charge in [-0.2, -0.15) is 0 Å². The fraction of sp³-hybridized carbons (Fsp3) is 0.520. The van der Waals surface area contributed by atoms with E-state index in [2.05, 4.69) is 64.4 Å². The van der Waals surface area contributed by atoms with Crippen LogP contribution in [0.5, 0.6) is 5.75 Å². The second kappa shape index (κ2) is 12.6. The van der Waals surface area contributed by atoms with Crippen molar-refractivity contribution in [3.63, 3.8) is 0 Å². The van der Waals surface area contributed by atoms with Gasteiger partial charge < -0.3 is 4.74 Å². The van der Waals surface area contributed by atoms with Crippen molar-refractivity contribution >= 4 is 24.8 Å². The number of halogens is 2. The molecule has 0 radical (unpaired) electrons. The van der Waals surface area contributed by atoms with Crippen molar-refractivity contribution in [2.45, 2.75) is 50.6 Å². The van der Waals surface area contributed by atoms with Gasteiger partial charge >= 0.3 is 0 Å². The van der Waals surface area contributed by atoms with E-state index in [0.29, 0.717) is 6.04 Å². The standard InChI is InChI=1S/C25H34N2O.2ClH/c1-28-24-14-12-21(13-15-24)20-25(22-8-4-2-5-9-22)27-18-16-26(17-19-27)23-10-6-3-7-11-23;;/h2,4-5,8-9,12-15,23,25H,3,6-7,10-11,16-20H2,1H3;2*1H. The molecule has 5 heteroatoms. The molecule has 1 saturated heterocycles. The quantitative estimate of drug-likeness (QED) is 0.554. The molecule has 1 aliphatic heterocycles. The minimum Gasteiger partial charge on any atom is -0.497 e. The molecule has 2 fully saturated rings. The first-order chi connectivity index (χ1) is 13.8. The molecule has 0 aromatic heterocycles. The molecule has 0 spiro atoms. The highest BCUT2D eigenvalue weighted by atomic mass is 35.5. The minimum atomic E-state index is 0. The Morgan fingerprint density at radius 2 is 1.47 bits per heavy atom. The molecule has 2 aromatic carbocycles. The van der Waals surface area contributed by atoms with Gasteiger partial charge in [0.25, 0.3) is 0 Å². The van der Waals surface area contributed by atoms with Crippen LogP contribution in [0.25, 0.3) is 0 Å². The predicted molar refractivity (Wildman–Crippen MR) is 130 cm³/mol. The van der Waals surface area contributed by atoms with E-state index in [1.54, 1.807) is 7.11 Å². The fourth-order valence-electron chi connectivity index (χ4n) is 4.98. The van der Waals surface area contributed by atoms with Gasteiger partial charge in [0.1, 0.15) is 5.75 Å². The Morgan fingerprint density at radius 1 is 0.833 bits per heavy atom. The Balaban J connectivity index is 0.00000160. The largest absolute Gasteiger partial charge is 0.497 e. The fourth-order valence-corrected chi connectivity index (χ4v) is 4.98. The van der Waals surface area contributed by atoms with Crippen LogP contribution < -0.4 is 4.74 Å². The van der Waals surface area contributed by atoms with Crippen LogP contribution in [-0.2, 0) is 6.42 Å². The average molecular weight is 451 g/mol. The summed E-state index contributed by atoms with van der Waals surface area (Å²) in [6.45, 7) is 4.78. The highest BCUT2D eigenvalue weighted by Gasteiger charge is 2.29. The van der Waals surface area contributed by atoms with Crippen LogP contribution in [0.15, 0.2) is 54.6 Å². The zero-order valence-corrected chi connectivity index (χ0v) is 19.7. The number of methoxy groups -OCH3 is 1. The van der Waals surface area contributed by atoms with Crippen molar-refractivity contribution < 1.29 is 4.74 Å². The number of hydrogen-bond donors (Lipinski definition) is 0. The number of hydrogen-bond acceptors (Lipinski definition) is 3. The van der Waals surface area contributed by atoms with Crippen molar-refractivity contribution in [3.8, 4) is 5.75 Å². The van der Waals surface area contributed by atoms with Crippen LogP contribution in [0.4, 0.5) is 0 Å². The van der Waals surface area contributed by atoms with Gasteiger partial charge in [-0.15, -0.1) is 24.8 Å². The molecule has 0 bridgehead atoms. The summed E-state index contributed by atoms with van der Waals surface area (Å²) in [5.41, 5.74) is 2.81. The van der Waals surface area contributed by atoms with Gasteiger partial charge in [0.05, 0.1) is 7.11 Å². The highest BCUT2D eigenvalue weighted by Crippen LogP contribution is 2.29. The molecular weight excluding hydrogens is 415 g/mol.